The van der Waals surface area contributed by atoms with Crippen molar-refractivity contribution in [3.8, 4) is 0 Å². The van der Waals surface area contributed by atoms with Crippen molar-refractivity contribution < 1.29 is 4.79 Å². The Bertz CT molecular complexity index is 364. The summed E-state index contributed by atoms with van der Waals surface area (Å²) in [7, 11) is 1.82. The minimum Gasteiger partial charge on any atom is -0.339 e. The standard InChI is InChI=1S/C13H19ClN2O/c1-10(11-5-7-12(14)8-6-11)16(2)13(17)4-3-9-15/h5-8,10H,3-4,9,15H2,1-2H3. The summed E-state index contributed by atoms with van der Waals surface area (Å²) in [6, 6.07) is 7.62. The van der Waals surface area contributed by atoms with Crippen molar-refractivity contribution in [1.82, 2.24) is 4.90 Å². The Morgan fingerprint density at radius 3 is 2.53 bits per heavy atom. The van der Waals surface area contributed by atoms with Crippen LogP contribution in [0.3, 0.4) is 0 Å². The van der Waals surface area contributed by atoms with E-state index in [2.05, 4.69) is 0 Å². The van der Waals surface area contributed by atoms with E-state index in [1.807, 2.05) is 38.2 Å². The van der Waals surface area contributed by atoms with Crippen molar-refractivity contribution in [2.75, 3.05) is 13.6 Å². The van der Waals surface area contributed by atoms with E-state index in [4.69, 9.17) is 17.3 Å². The topological polar surface area (TPSA) is 46.3 Å². The Hall–Kier alpha value is -1.06. The maximum absolute atomic E-state index is 11.8. The van der Waals surface area contributed by atoms with Gasteiger partial charge in [0.2, 0.25) is 5.91 Å². The molecular weight excluding hydrogens is 236 g/mol. The third-order valence-corrected chi connectivity index (χ3v) is 3.17. The molecule has 0 aromatic heterocycles. The maximum atomic E-state index is 11.8. The monoisotopic (exact) mass is 254 g/mol. The number of amides is 1. The molecule has 94 valence electrons. The van der Waals surface area contributed by atoms with Crippen LogP contribution in [0, 0.1) is 0 Å². The van der Waals surface area contributed by atoms with E-state index in [1.54, 1.807) is 4.90 Å². The molecule has 0 radical (unpaired) electrons. The van der Waals surface area contributed by atoms with Gasteiger partial charge >= 0.3 is 0 Å². The van der Waals surface area contributed by atoms with Crippen LogP contribution in [0.1, 0.15) is 31.4 Å². The Morgan fingerprint density at radius 2 is 2.00 bits per heavy atom. The first-order valence-corrected chi connectivity index (χ1v) is 6.15. The highest BCUT2D eigenvalue weighted by Gasteiger charge is 2.16. The van der Waals surface area contributed by atoms with Crippen molar-refractivity contribution in [1.29, 1.82) is 0 Å². The zero-order chi connectivity index (χ0) is 12.8. The van der Waals surface area contributed by atoms with Crippen LogP contribution in [0.2, 0.25) is 5.02 Å². The molecule has 0 fully saturated rings. The first-order valence-electron chi connectivity index (χ1n) is 5.77. The van der Waals surface area contributed by atoms with Gasteiger partial charge in [0.15, 0.2) is 0 Å². The molecule has 1 amide bonds. The summed E-state index contributed by atoms with van der Waals surface area (Å²) in [5.41, 5.74) is 6.48. The highest BCUT2D eigenvalue weighted by atomic mass is 35.5. The average Bonchev–Trinajstić information content (AvgIpc) is 2.35. The zero-order valence-corrected chi connectivity index (χ0v) is 11.1. The number of carbonyl (C=O) groups excluding carboxylic acids is 1. The van der Waals surface area contributed by atoms with E-state index < -0.39 is 0 Å². The quantitative estimate of drug-likeness (QED) is 0.878. The molecule has 3 nitrogen and oxygen atoms in total. The molecule has 1 aromatic carbocycles. The second-order valence-electron chi connectivity index (χ2n) is 4.12. The number of rotatable bonds is 5. The lowest BCUT2D eigenvalue weighted by molar-refractivity contribution is -0.131. The lowest BCUT2D eigenvalue weighted by Gasteiger charge is -2.25. The smallest absolute Gasteiger partial charge is 0.222 e. The van der Waals surface area contributed by atoms with Gasteiger partial charge in [-0.2, -0.15) is 0 Å². The molecule has 0 aliphatic heterocycles. The molecule has 0 aliphatic rings. The van der Waals surface area contributed by atoms with Gasteiger partial charge in [0.1, 0.15) is 0 Å². The zero-order valence-electron chi connectivity index (χ0n) is 10.3. The van der Waals surface area contributed by atoms with E-state index in [1.165, 1.54) is 0 Å². The summed E-state index contributed by atoms with van der Waals surface area (Å²) in [6.07, 6.45) is 1.24. The van der Waals surface area contributed by atoms with E-state index in [-0.39, 0.29) is 11.9 Å². The third-order valence-electron chi connectivity index (χ3n) is 2.92. The van der Waals surface area contributed by atoms with Gasteiger partial charge in [0.05, 0.1) is 6.04 Å². The summed E-state index contributed by atoms with van der Waals surface area (Å²) in [4.78, 5) is 13.6. The van der Waals surface area contributed by atoms with Gasteiger partial charge in [-0.1, -0.05) is 23.7 Å². The fourth-order valence-corrected chi connectivity index (χ4v) is 1.74. The molecule has 0 spiro atoms. The van der Waals surface area contributed by atoms with E-state index in [0.717, 1.165) is 12.0 Å². The highest BCUT2D eigenvalue weighted by molar-refractivity contribution is 6.30. The van der Waals surface area contributed by atoms with Crippen molar-refractivity contribution in [2.24, 2.45) is 5.73 Å². The van der Waals surface area contributed by atoms with Gasteiger partial charge in [-0.05, 0) is 37.6 Å². The molecule has 0 bridgehead atoms. The number of nitrogens with two attached hydrogens (primary N) is 1. The van der Waals surface area contributed by atoms with Gasteiger partial charge < -0.3 is 10.6 Å². The van der Waals surface area contributed by atoms with Crippen molar-refractivity contribution in [3.63, 3.8) is 0 Å². The predicted octanol–water partition coefficient (Wildman–Crippen LogP) is 2.60. The van der Waals surface area contributed by atoms with Gasteiger partial charge in [-0.25, -0.2) is 0 Å². The van der Waals surface area contributed by atoms with Crippen LogP contribution >= 0.6 is 11.6 Å². The lowest BCUT2D eigenvalue weighted by Crippen LogP contribution is -2.29. The molecule has 17 heavy (non-hydrogen) atoms. The molecule has 0 aliphatic carbocycles. The number of hydrogen-bond acceptors (Lipinski definition) is 2. The van der Waals surface area contributed by atoms with Crippen molar-refractivity contribution in [3.05, 3.63) is 34.9 Å². The number of nitrogens with zero attached hydrogens (tertiary/aromatic N) is 1. The van der Waals surface area contributed by atoms with Gasteiger partial charge in [0.25, 0.3) is 0 Å². The summed E-state index contributed by atoms with van der Waals surface area (Å²) in [6.45, 7) is 2.55. The second kappa shape index (κ2) is 6.62. The third kappa shape index (κ3) is 4.02. The van der Waals surface area contributed by atoms with Crippen molar-refractivity contribution >= 4 is 17.5 Å². The lowest BCUT2D eigenvalue weighted by atomic mass is 10.1. The fraction of sp³-hybridized carbons (Fsp3) is 0.462. The molecule has 1 atom stereocenters. The summed E-state index contributed by atoms with van der Waals surface area (Å²) in [5, 5.41) is 0.707. The van der Waals surface area contributed by atoms with Crippen LogP contribution in [-0.4, -0.2) is 24.4 Å². The van der Waals surface area contributed by atoms with Crippen LogP contribution in [-0.2, 0) is 4.79 Å². The number of hydrogen-bond donors (Lipinski definition) is 1. The van der Waals surface area contributed by atoms with E-state index >= 15 is 0 Å². The van der Waals surface area contributed by atoms with Gasteiger partial charge in [-0.3, -0.25) is 4.79 Å². The minimum absolute atomic E-state index is 0.0533. The Morgan fingerprint density at radius 1 is 1.41 bits per heavy atom. The SMILES string of the molecule is CC(c1ccc(Cl)cc1)N(C)C(=O)CCCN. The molecule has 1 unspecified atom stereocenters. The average molecular weight is 255 g/mol. The molecular formula is C13H19ClN2O. The molecule has 2 N–H and O–H groups in total. The largest absolute Gasteiger partial charge is 0.339 e. The van der Waals surface area contributed by atoms with Crippen LogP contribution in [0.25, 0.3) is 0 Å². The van der Waals surface area contributed by atoms with Crippen LogP contribution in [0.4, 0.5) is 0 Å². The normalized spacial score (nSPS) is 12.2. The summed E-state index contributed by atoms with van der Waals surface area (Å²) >= 11 is 5.83. The summed E-state index contributed by atoms with van der Waals surface area (Å²) < 4.78 is 0. The Labute approximate surface area is 108 Å². The van der Waals surface area contributed by atoms with Gasteiger partial charge in [-0.15, -0.1) is 0 Å². The number of halogens is 1. The second-order valence-corrected chi connectivity index (χ2v) is 4.56. The fourth-order valence-electron chi connectivity index (χ4n) is 1.61. The summed E-state index contributed by atoms with van der Waals surface area (Å²) in [5.74, 6) is 0.123. The molecule has 0 saturated heterocycles. The van der Waals surface area contributed by atoms with Crippen LogP contribution in [0.15, 0.2) is 24.3 Å². The van der Waals surface area contributed by atoms with Crippen LogP contribution in [0.5, 0.6) is 0 Å². The van der Waals surface area contributed by atoms with Gasteiger partial charge in [0, 0.05) is 18.5 Å². The highest BCUT2D eigenvalue weighted by Crippen LogP contribution is 2.21. The first kappa shape index (κ1) is 14.0. The molecule has 0 heterocycles. The van der Waals surface area contributed by atoms with E-state index in [0.29, 0.717) is 18.0 Å². The molecule has 0 saturated carbocycles. The predicted molar refractivity (Wildman–Crippen MR) is 70.9 cm³/mol. The number of benzene rings is 1. The molecule has 4 heteroatoms. The molecule has 1 rings (SSSR count). The Kier molecular flexibility index (Phi) is 5.45. The van der Waals surface area contributed by atoms with Crippen LogP contribution < -0.4 is 5.73 Å². The van der Waals surface area contributed by atoms with Crippen molar-refractivity contribution in [2.45, 2.75) is 25.8 Å². The molecule has 1 aromatic rings. The first-order chi connectivity index (χ1) is 8.06. The minimum atomic E-state index is 0.0533. The maximum Gasteiger partial charge on any atom is 0.222 e. The number of carbonyl (C=O) groups is 1. The van der Waals surface area contributed by atoms with E-state index in [9.17, 15) is 4.79 Å². The Balaban J connectivity index is 2.65.